The minimum Gasteiger partial charge on any atom is -0.395 e. The van der Waals surface area contributed by atoms with Gasteiger partial charge in [0.05, 0.1) is 12.8 Å². The molecule has 1 aromatic rings. The third kappa shape index (κ3) is 2.98. The van der Waals surface area contributed by atoms with Gasteiger partial charge < -0.3 is 5.11 Å². The monoisotopic (exact) mass is 165 g/mol. The maximum Gasteiger partial charge on any atom is 0.0889 e. The molecule has 1 heterocycles. The molecule has 0 saturated carbocycles. The lowest BCUT2D eigenvalue weighted by Gasteiger charge is -2.14. The van der Waals surface area contributed by atoms with Gasteiger partial charge in [0.1, 0.15) is 0 Å². The first-order valence-electron chi connectivity index (χ1n) is 3.93. The second kappa shape index (κ2) is 4.85. The first-order chi connectivity index (χ1) is 5.83. The van der Waals surface area contributed by atoms with Crippen molar-refractivity contribution >= 4 is 0 Å². The van der Waals surface area contributed by atoms with Gasteiger partial charge in [0, 0.05) is 19.3 Å². The van der Waals surface area contributed by atoms with Crippen LogP contribution in [-0.4, -0.2) is 35.2 Å². The molecule has 0 fully saturated rings. The average Bonchev–Trinajstić information content (AvgIpc) is 2.06. The first-order valence-corrected chi connectivity index (χ1v) is 3.93. The molecule has 0 aliphatic rings. The number of nitrogens with zero attached hydrogens (tertiary/aromatic N) is 2. The van der Waals surface area contributed by atoms with Gasteiger partial charge in [-0.3, -0.25) is 9.88 Å². The standard InChI is InChI=1S/C9H13N2O/c1-11(6-7-12)8-9-2-4-10-5-3-9/h2-4,12H,6-8H2,1H3. The highest BCUT2D eigenvalue weighted by atomic mass is 16.3. The van der Waals surface area contributed by atoms with Crippen molar-refractivity contribution < 1.29 is 5.11 Å². The number of pyridine rings is 1. The van der Waals surface area contributed by atoms with E-state index in [1.165, 1.54) is 5.56 Å². The van der Waals surface area contributed by atoms with Crippen LogP contribution in [-0.2, 0) is 6.54 Å². The van der Waals surface area contributed by atoms with Crippen molar-refractivity contribution in [2.24, 2.45) is 0 Å². The molecule has 0 bridgehead atoms. The van der Waals surface area contributed by atoms with Gasteiger partial charge >= 0.3 is 0 Å². The summed E-state index contributed by atoms with van der Waals surface area (Å²) < 4.78 is 0. The highest BCUT2D eigenvalue weighted by molar-refractivity contribution is 5.08. The molecule has 3 heteroatoms. The Kier molecular flexibility index (Phi) is 3.70. The molecule has 0 unspecified atom stereocenters. The largest absolute Gasteiger partial charge is 0.395 e. The molecular formula is C9H13N2O. The molecular weight excluding hydrogens is 152 g/mol. The average molecular weight is 165 g/mol. The summed E-state index contributed by atoms with van der Waals surface area (Å²) in [5, 5.41) is 8.65. The molecule has 1 aromatic heterocycles. The van der Waals surface area contributed by atoms with Crippen molar-refractivity contribution in [1.82, 2.24) is 9.88 Å². The summed E-state index contributed by atoms with van der Waals surface area (Å²) >= 11 is 0. The van der Waals surface area contributed by atoms with Gasteiger partial charge in [-0.25, -0.2) is 0 Å². The molecule has 0 aliphatic carbocycles. The maximum atomic E-state index is 8.65. The zero-order valence-corrected chi connectivity index (χ0v) is 7.20. The number of hydrogen-bond acceptors (Lipinski definition) is 3. The number of aliphatic hydroxyl groups is 1. The first kappa shape index (κ1) is 9.16. The highest BCUT2D eigenvalue weighted by Crippen LogP contribution is 1.99. The third-order valence-electron chi connectivity index (χ3n) is 1.62. The lowest BCUT2D eigenvalue weighted by molar-refractivity contribution is 0.217. The fourth-order valence-corrected chi connectivity index (χ4v) is 1.00. The van der Waals surface area contributed by atoms with Crippen LogP contribution < -0.4 is 0 Å². The second-order valence-corrected chi connectivity index (χ2v) is 2.75. The predicted molar refractivity (Wildman–Crippen MR) is 46.5 cm³/mol. The Bertz CT molecular complexity index is 213. The van der Waals surface area contributed by atoms with Gasteiger partial charge in [-0.2, -0.15) is 0 Å². The molecule has 0 atom stereocenters. The predicted octanol–water partition coefficient (Wildman–Crippen LogP) is 0.306. The highest BCUT2D eigenvalue weighted by Gasteiger charge is 1.97. The minimum atomic E-state index is 0.200. The molecule has 12 heavy (non-hydrogen) atoms. The van der Waals surface area contributed by atoms with Gasteiger partial charge in [-0.05, 0) is 24.7 Å². The molecule has 65 valence electrons. The van der Waals surface area contributed by atoms with E-state index in [0.29, 0.717) is 6.54 Å². The molecule has 0 amide bonds. The number of likely N-dealkylation sites (N-methyl/N-ethyl adjacent to an activating group) is 1. The third-order valence-corrected chi connectivity index (χ3v) is 1.62. The normalized spacial score (nSPS) is 10.6. The Morgan fingerprint density at radius 3 is 3.08 bits per heavy atom. The quantitative estimate of drug-likeness (QED) is 0.697. The Morgan fingerprint density at radius 2 is 2.50 bits per heavy atom. The second-order valence-electron chi connectivity index (χ2n) is 2.75. The zero-order chi connectivity index (χ0) is 8.81. The lowest BCUT2D eigenvalue weighted by Crippen LogP contribution is -2.21. The fourth-order valence-electron chi connectivity index (χ4n) is 1.00. The van der Waals surface area contributed by atoms with Gasteiger partial charge in [-0.1, -0.05) is 0 Å². The van der Waals surface area contributed by atoms with E-state index in [1.54, 1.807) is 6.20 Å². The topological polar surface area (TPSA) is 36.4 Å². The SMILES string of the molecule is CN(CCO)Cc1c[c]ncc1. The fraction of sp³-hybridized carbons (Fsp3) is 0.444. The lowest BCUT2D eigenvalue weighted by atomic mass is 10.2. The van der Waals surface area contributed by atoms with Crippen molar-refractivity contribution in [1.29, 1.82) is 0 Å². The summed E-state index contributed by atoms with van der Waals surface area (Å²) in [5.41, 5.74) is 1.17. The Hall–Kier alpha value is -0.930. The molecule has 1 N–H and O–H groups in total. The van der Waals surface area contributed by atoms with Crippen molar-refractivity contribution in [3.8, 4) is 0 Å². The van der Waals surface area contributed by atoms with Gasteiger partial charge in [0.15, 0.2) is 0 Å². The van der Waals surface area contributed by atoms with Crippen LogP contribution in [0.25, 0.3) is 0 Å². The van der Waals surface area contributed by atoms with Gasteiger partial charge in [0.2, 0.25) is 0 Å². The van der Waals surface area contributed by atoms with Gasteiger partial charge in [0.25, 0.3) is 0 Å². The molecule has 1 rings (SSSR count). The van der Waals surface area contributed by atoms with E-state index in [4.69, 9.17) is 5.11 Å². The molecule has 0 saturated heterocycles. The zero-order valence-electron chi connectivity index (χ0n) is 7.20. The van der Waals surface area contributed by atoms with E-state index in [0.717, 1.165) is 6.54 Å². The Balaban J connectivity index is 2.41. The van der Waals surface area contributed by atoms with Crippen LogP contribution in [0, 0.1) is 6.20 Å². The number of aromatic nitrogens is 1. The van der Waals surface area contributed by atoms with E-state index < -0.39 is 0 Å². The van der Waals surface area contributed by atoms with Crippen molar-refractivity contribution in [2.75, 3.05) is 20.2 Å². The molecule has 1 radical (unpaired) electrons. The van der Waals surface area contributed by atoms with Crippen LogP contribution in [0.2, 0.25) is 0 Å². The molecule has 0 aromatic carbocycles. The number of aliphatic hydroxyl groups excluding tert-OH is 1. The van der Waals surface area contributed by atoms with Crippen molar-refractivity contribution in [3.63, 3.8) is 0 Å². The van der Waals surface area contributed by atoms with Crippen LogP contribution in [0.5, 0.6) is 0 Å². The smallest absolute Gasteiger partial charge is 0.0889 e. The summed E-state index contributed by atoms with van der Waals surface area (Å²) in [5.74, 6) is 0. The van der Waals surface area contributed by atoms with E-state index in [9.17, 15) is 0 Å². The van der Waals surface area contributed by atoms with Crippen molar-refractivity contribution in [2.45, 2.75) is 6.54 Å². The maximum absolute atomic E-state index is 8.65. The van der Waals surface area contributed by atoms with Crippen LogP contribution in [0.1, 0.15) is 5.56 Å². The number of hydrogen-bond donors (Lipinski definition) is 1. The van der Waals surface area contributed by atoms with Gasteiger partial charge in [-0.15, -0.1) is 0 Å². The van der Waals surface area contributed by atoms with E-state index in [2.05, 4.69) is 11.2 Å². The summed E-state index contributed by atoms with van der Waals surface area (Å²) in [6.07, 6.45) is 4.49. The van der Waals surface area contributed by atoms with E-state index in [-0.39, 0.29) is 6.61 Å². The Morgan fingerprint density at radius 1 is 1.67 bits per heavy atom. The molecule has 3 nitrogen and oxygen atoms in total. The summed E-state index contributed by atoms with van der Waals surface area (Å²) in [7, 11) is 1.97. The van der Waals surface area contributed by atoms with E-state index >= 15 is 0 Å². The summed E-state index contributed by atoms with van der Waals surface area (Å²) in [4.78, 5) is 5.85. The van der Waals surface area contributed by atoms with E-state index in [1.807, 2.05) is 24.1 Å². The minimum absolute atomic E-state index is 0.200. The number of rotatable bonds is 4. The van der Waals surface area contributed by atoms with Crippen LogP contribution in [0.15, 0.2) is 18.3 Å². The van der Waals surface area contributed by atoms with Crippen LogP contribution >= 0.6 is 0 Å². The molecule has 0 aliphatic heterocycles. The summed E-state index contributed by atoms with van der Waals surface area (Å²) in [6.45, 7) is 1.73. The van der Waals surface area contributed by atoms with Crippen molar-refractivity contribution in [3.05, 3.63) is 30.1 Å². The Labute approximate surface area is 72.7 Å². The van der Waals surface area contributed by atoms with Crippen LogP contribution in [0.3, 0.4) is 0 Å². The molecule has 0 spiro atoms. The van der Waals surface area contributed by atoms with Crippen LogP contribution in [0.4, 0.5) is 0 Å². The summed E-state index contributed by atoms with van der Waals surface area (Å²) in [6, 6.07) is 3.80.